The molecule has 0 radical (unpaired) electrons. The number of para-hydroxylation sites is 1. The summed E-state index contributed by atoms with van der Waals surface area (Å²) in [6.45, 7) is 1.03. The monoisotopic (exact) mass is 434 g/mol. The first-order chi connectivity index (χ1) is 14.8. The van der Waals surface area contributed by atoms with E-state index in [9.17, 15) is 22.8 Å². The third-order valence-electron chi connectivity index (χ3n) is 5.23. The van der Waals surface area contributed by atoms with Crippen molar-refractivity contribution >= 4 is 11.8 Å². The van der Waals surface area contributed by atoms with Gasteiger partial charge in [-0.15, -0.1) is 0 Å². The van der Waals surface area contributed by atoms with E-state index in [2.05, 4.69) is 0 Å². The van der Waals surface area contributed by atoms with Gasteiger partial charge in [0.05, 0.1) is 5.56 Å². The molecular formula is C23H25F3N2O3. The molecule has 3 rings (SSSR count). The molecule has 1 saturated heterocycles. The number of benzene rings is 2. The summed E-state index contributed by atoms with van der Waals surface area (Å²) >= 11 is 0. The average Bonchev–Trinajstić information content (AvgIpc) is 2.78. The van der Waals surface area contributed by atoms with Crippen LogP contribution in [-0.2, 0) is 22.2 Å². The normalized spacial score (nSPS) is 14.4. The van der Waals surface area contributed by atoms with Crippen molar-refractivity contribution in [3.63, 3.8) is 0 Å². The lowest BCUT2D eigenvalue weighted by molar-refractivity contribution is -0.142. The molecule has 2 amide bonds. The summed E-state index contributed by atoms with van der Waals surface area (Å²) in [4.78, 5) is 28.0. The molecule has 1 aliphatic heterocycles. The number of carbonyl (C=O) groups is 2. The number of aryl methyl sites for hydroxylation is 1. The van der Waals surface area contributed by atoms with Crippen LogP contribution in [0.25, 0.3) is 0 Å². The number of carbonyl (C=O) groups excluding carboxylic acids is 2. The van der Waals surface area contributed by atoms with Gasteiger partial charge in [0.25, 0.3) is 5.91 Å². The summed E-state index contributed by atoms with van der Waals surface area (Å²) in [5.74, 6) is -0.706. The van der Waals surface area contributed by atoms with Crippen molar-refractivity contribution in [2.75, 3.05) is 32.8 Å². The Hall–Kier alpha value is -3.03. The van der Waals surface area contributed by atoms with Crippen LogP contribution < -0.4 is 4.74 Å². The number of hydrogen-bond acceptors (Lipinski definition) is 3. The molecule has 31 heavy (non-hydrogen) atoms. The van der Waals surface area contributed by atoms with Crippen molar-refractivity contribution in [3.05, 3.63) is 65.7 Å². The van der Waals surface area contributed by atoms with Gasteiger partial charge in [0, 0.05) is 32.6 Å². The van der Waals surface area contributed by atoms with Gasteiger partial charge >= 0.3 is 6.18 Å². The highest BCUT2D eigenvalue weighted by molar-refractivity contribution is 5.79. The van der Waals surface area contributed by atoms with Crippen LogP contribution in [0.15, 0.2) is 54.6 Å². The van der Waals surface area contributed by atoms with Crippen LogP contribution in [0.5, 0.6) is 5.75 Å². The number of amides is 2. The van der Waals surface area contributed by atoms with Crippen molar-refractivity contribution < 1.29 is 27.5 Å². The number of alkyl halides is 3. The predicted octanol–water partition coefficient (Wildman–Crippen LogP) is 3.78. The molecule has 1 aliphatic rings. The minimum atomic E-state index is -4.55. The molecule has 8 heteroatoms. The van der Waals surface area contributed by atoms with Crippen LogP contribution in [-0.4, -0.2) is 54.4 Å². The lowest BCUT2D eigenvalue weighted by atomic mass is 10.1. The molecule has 2 aromatic rings. The maximum atomic E-state index is 13.0. The second-order valence-corrected chi connectivity index (χ2v) is 7.38. The van der Waals surface area contributed by atoms with E-state index in [-0.39, 0.29) is 11.7 Å². The molecule has 1 heterocycles. The number of ether oxygens (including phenoxy) is 1. The van der Waals surface area contributed by atoms with E-state index in [0.29, 0.717) is 32.6 Å². The summed E-state index contributed by atoms with van der Waals surface area (Å²) in [5.41, 5.74) is 0.284. The topological polar surface area (TPSA) is 49.9 Å². The first-order valence-electron chi connectivity index (χ1n) is 10.2. The molecular weight excluding hydrogens is 409 g/mol. The molecule has 0 spiro atoms. The van der Waals surface area contributed by atoms with Crippen LogP contribution in [0.4, 0.5) is 13.2 Å². The fourth-order valence-corrected chi connectivity index (χ4v) is 3.51. The zero-order valence-corrected chi connectivity index (χ0v) is 17.1. The molecule has 0 N–H and O–H groups in total. The van der Waals surface area contributed by atoms with Gasteiger partial charge in [-0.1, -0.05) is 42.5 Å². The summed E-state index contributed by atoms with van der Waals surface area (Å²) in [6, 6.07) is 14.8. The minimum Gasteiger partial charge on any atom is -0.483 e. The number of halogens is 3. The highest BCUT2D eigenvalue weighted by atomic mass is 19.4. The minimum absolute atomic E-state index is 0.0541. The smallest absolute Gasteiger partial charge is 0.419 e. The fraction of sp³-hybridized carbons (Fsp3) is 0.391. The van der Waals surface area contributed by atoms with Gasteiger partial charge in [-0.2, -0.15) is 13.2 Å². The first kappa shape index (κ1) is 22.7. The third-order valence-corrected chi connectivity index (χ3v) is 5.23. The van der Waals surface area contributed by atoms with E-state index in [1.165, 1.54) is 28.7 Å². The molecule has 5 nitrogen and oxygen atoms in total. The second-order valence-electron chi connectivity index (χ2n) is 7.38. The zero-order valence-electron chi connectivity index (χ0n) is 17.1. The predicted molar refractivity (Wildman–Crippen MR) is 109 cm³/mol. The molecule has 0 aromatic heterocycles. The quantitative estimate of drug-likeness (QED) is 0.667. The Morgan fingerprint density at radius 1 is 0.839 bits per heavy atom. The summed E-state index contributed by atoms with van der Waals surface area (Å²) in [5, 5.41) is 0. The van der Waals surface area contributed by atoms with Gasteiger partial charge < -0.3 is 14.5 Å². The molecule has 0 saturated carbocycles. The highest BCUT2D eigenvalue weighted by Crippen LogP contribution is 2.35. The van der Waals surface area contributed by atoms with E-state index < -0.39 is 24.3 Å². The van der Waals surface area contributed by atoms with E-state index in [1.807, 2.05) is 30.3 Å². The lowest BCUT2D eigenvalue weighted by Gasteiger charge is -2.34. The van der Waals surface area contributed by atoms with E-state index >= 15 is 0 Å². The SMILES string of the molecule is O=C(CCCc1ccccc1)N1CCN(C(=O)COc2ccccc2C(F)(F)F)CC1. The van der Waals surface area contributed by atoms with E-state index in [4.69, 9.17) is 4.74 Å². The number of piperazine rings is 1. The van der Waals surface area contributed by atoms with Gasteiger partial charge in [0.1, 0.15) is 5.75 Å². The lowest BCUT2D eigenvalue weighted by Crippen LogP contribution is -2.51. The van der Waals surface area contributed by atoms with Crippen LogP contribution >= 0.6 is 0 Å². The van der Waals surface area contributed by atoms with Crippen molar-refractivity contribution in [2.24, 2.45) is 0 Å². The van der Waals surface area contributed by atoms with Crippen molar-refractivity contribution in [2.45, 2.75) is 25.4 Å². The Morgan fingerprint density at radius 3 is 2.06 bits per heavy atom. The average molecular weight is 434 g/mol. The Kier molecular flexibility index (Phi) is 7.55. The zero-order chi connectivity index (χ0) is 22.3. The highest BCUT2D eigenvalue weighted by Gasteiger charge is 2.34. The van der Waals surface area contributed by atoms with Gasteiger partial charge in [0.15, 0.2) is 6.61 Å². The van der Waals surface area contributed by atoms with Crippen molar-refractivity contribution in [1.29, 1.82) is 0 Å². The first-order valence-corrected chi connectivity index (χ1v) is 10.2. The summed E-state index contributed by atoms with van der Waals surface area (Å²) < 4.78 is 44.2. The van der Waals surface area contributed by atoms with Gasteiger partial charge in [-0.05, 0) is 30.5 Å². The maximum Gasteiger partial charge on any atom is 0.419 e. The largest absolute Gasteiger partial charge is 0.483 e. The molecule has 0 aliphatic carbocycles. The van der Waals surface area contributed by atoms with Crippen LogP contribution in [0.3, 0.4) is 0 Å². The summed E-state index contributed by atoms with van der Waals surface area (Å²) in [7, 11) is 0. The maximum absolute atomic E-state index is 13.0. The Morgan fingerprint density at radius 2 is 1.42 bits per heavy atom. The van der Waals surface area contributed by atoms with Crippen molar-refractivity contribution in [3.8, 4) is 5.75 Å². The standard InChI is InChI=1S/C23H25F3N2O3/c24-23(25,26)19-10-4-5-11-20(19)31-17-22(30)28-15-13-27(14-16-28)21(29)12-6-9-18-7-2-1-3-8-18/h1-5,7-8,10-11H,6,9,12-17H2. The van der Waals surface area contributed by atoms with E-state index in [1.54, 1.807) is 4.90 Å². The van der Waals surface area contributed by atoms with Crippen molar-refractivity contribution in [1.82, 2.24) is 9.80 Å². The van der Waals surface area contributed by atoms with Gasteiger partial charge in [-0.3, -0.25) is 9.59 Å². The summed E-state index contributed by atoms with van der Waals surface area (Å²) in [6.07, 6.45) is -2.51. The molecule has 0 bridgehead atoms. The van der Waals surface area contributed by atoms with Gasteiger partial charge in [-0.25, -0.2) is 0 Å². The molecule has 0 unspecified atom stereocenters. The number of rotatable bonds is 7. The Bertz CT molecular complexity index is 879. The molecule has 2 aromatic carbocycles. The fourth-order valence-electron chi connectivity index (χ4n) is 3.51. The van der Waals surface area contributed by atoms with Gasteiger partial charge in [0.2, 0.25) is 5.91 Å². The Labute approximate surface area is 179 Å². The number of nitrogens with zero attached hydrogens (tertiary/aromatic N) is 2. The molecule has 0 atom stereocenters. The second kappa shape index (κ2) is 10.3. The van der Waals surface area contributed by atoms with Crippen LogP contribution in [0.1, 0.15) is 24.0 Å². The number of hydrogen-bond donors (Lipinski definition) is 0. The van der Waals surface area contributed by atoms with Crippen LogP contribution in [0.2, 0.25) is 0 Å². The van der Waals surface area contributed by atoms with Crippen LogP contribution in [0, 0.1) is 0 Å². The third kappa shape index (κ3) is 6.47. The Balaban J connectivity index is 1.41. The van der Waals surface area contributed by atoms with E-state index in [0.717, 1.165) is 18.9 Å². The molecule has 166 valence electrons. The molecule has 1 fully saturated rings.